The first-order valence-corrected chi connectivity index (χ1v) is 19.7. The minimum Gasteiger partial charge on any atom is -0.457 e. The second-order valence-corrected chi connectivity index (χ2v) is 13.7. The standard InChI is InChI=1S/C40H68O14/c1-3-5-7-9-10-11-12-13-14-15-16-17-18-19-20-22-24-49-26-29(52-32(42)23-21-8-6-4-2)27-50-39-38(48)36(46)34(44)31(54-39)28-51-40-37(47)35(45)33(43)30(25-41)53-40/h5,7,10-11,13-14,16-17,29-31,33-41,43-48H,3-4,6,8-9,12,15,18-28H2,1-2H3/b7-5-,11-10-,14-13-,17-16-. The zero-order valence-corrected chi connectivity index (χ0v) is 32.2. The van der Waals surface area contributed by atoms with Crippen LogP contribution in [0.1, 0.15) is 97.3 Å². The van der Waals surface area contributed by atoms with Crippen molar-refractivity contribution in [2.45, 2.75) is 165 Å². The lowest BCUT2D eigenvalue weighted by molar-refractivity contribution is -0.332. The smallest absolute Gasteiger partial charge is 0.306 e. The van der Waals surface area contributed by atoms with E-state index in [1.54, 1.807) is 0 Å². The fraction of sp³-hybridized carbons (Fsp3) is 0.775. The molecule has 11 atom stereocenters. The molecule has 0 saturated carbocycles. The molecule has 2 aliphatic rings. The Morgan fingerprint density at radius 3 is 1.83 bits per heavy atom. The Bertz CT molecular complexity index is 1080. The Labute approximate surface area is 321 Å². The normalized spacial score (nSPS) is 29.9. The van der Waals surface area contributed by atoms with Gasteiger partial charge in [0.05, 0.1) is 26.4 Å². The first kappa shape index (κ1) is 48.1. The highest BCUT2D eigenvalue weighted by Crippen LogP contribution is 2.26. The molecule has 0 amide bonds. The Morgan fingerprint density at radius 2 is 1.20 bits per heavy atom. The molecule has 0 spiro atoms. The zero-order chi connectivity index (χ0) is 39.6. The number of hydrogen-bond acceptors (Lipinski definition) is 14. The van der Waals surface area contributed by atoms with Crippen LogP contribution < -0.4 is 0 Å². The molecule has 312 valence electrons. The van der Waals surface area contributed by atoms with Gasteiger partial charge in [-0.3, -0.25) is 4.79 Å². The maximum absolute atomic E-state index is 12.6. The average molecular weight is 773 g/mol. The summed E-state index contributed by atoms with van der Waals surface area (Å²) in [6.07, 6.45) is 12.7. The molecule has 0 aliphatic carbocycles. The maximum Gasteiger partial charge on any atom is 0.306 e. The molecule has 0 bridgehead atoms. The van der Waals surface area contributed by atoms with E-state index in [0.717, 1.165) is 70.6 Å². The van der Waals surface area contributed by atoms with Gasteiger partial charge in [0.2, 0.25) is 0 Å². The zero-order valence-electron chi connectivity index (χ0n) is 32.2. The SMILES string of the molecule is CC/C=C\C/C=C\C/C=C\C/C=C\CCCCCOCC(COC1OC(COC2OC(CO)C(O)C(O)C2O)C(O)C(O)C1O)OC(=O)CCCCCC. The van der Waals surface area contributed by atoms with Gasteiger partial charge in [0.25, 0.3) is 0 Å². The molecule has 54 heavy (non-hydrogen) atoms. The van der Waals surface area contributed by atoms with Gasteiger partial charge in [-0.15, -0.1) is 0 Å². The van der Waals surface area contributed by atoms with Crippen LogP contribution in [0.5, 0.6) is 0 Å². The van der Waals surface area contributed by atoms with Crippen LogP contribution in [0.2, 0.25) is 0 Å². The number of aliphatic hydroxyl groups is 7. The molecule has 0 aromatic heterocycles. The number of aliphatic hydroxyl groups excluding tert-OH is 7. The number of allylic oxidation sites excluding steroid dienone is 8. The summed E-state index contributed by atoms with van der Waals surface area (Å²) < 4.78 is 33.7. The van der Waals surface area contributed by atoms with Crippen LogP contribution in [-0.2, 0) is 33.2 Å². The summed E-state index contributed by atoms with van der Waals surface area (Å²) in [6.45, 7) is 3.31. The Morgan fingerprint density at radius 1 is 0.630 bits per heavy atom. The first-order chi connectivity index (χ1) is 26.1. The van der Waals surface area contributed by atoms with Crippen molar-refractivity contribution in [2.24, 2.45) is 0 Å². The molecule has 0 radical (unpaired) electrons. The number of hydrogen-bond donors (Lipinski definition) is 7. The van der Waals surface area contributed by atoms with E-state index in [-0.39, 0.29) is 19.6 Å². The molecule has 2 rings (SSSR count). The van der Waals surface area contributed by atoms with E-state index < -0.39 is 86.7 Å². The molecule has 14 heteroatoms. The highest BCUT2D eigenvalue weighted by atomic mass is 16.7. The van der Waals surface area contributed by atoms with E-state index in [1.807, 2.05) is 0 Å². The van der Waals surface area contributed by atoms with Crippen LogP contribution in [0.3, 0.4) is 0 Å². The van der Waals surface area contributed by atoms with Gasteiger partial charge in [-0.25, -0.2) is 0 Å². The van der Waals surface area contributed by atoms with E-state index >= 15 is 0 Å². The van der Waals surface area contributed by atoms with Crippen LogP contribution in [0.15, 0.2) is 48.6 Å². The third kappa shape index (κ3) is 18.7. The number of carbonyl (C=O) groups excluding carboxylic acids is 1. The van der Waals surface area contributed by atoms with Gasteiger partial charge in [0.1, 0.15) is 54.9 Å². The molecule has 2 fully saturated rings. The summed E-state index contributed by atoms with van der Waals surface area (Å²) in [6, 6.07) is 0. The maximum atomic E-state index is 12.6. The largest absolute Gasteiger partial charge is 0.457 e. The predicted molar refractivity (Wildman–Crippen MR) is 201 cm³/mol. The van der Waals surface area contributed by atoms with Gasteiger partial charge in [0.15, 0.2) is 12.6 Å². The van der Waals surface area contributed by atoms with Gasteiger partial charge in [-0.1, -0.05) is 88.1 Å². The predicted octanol–water partition coefficient (Wildman–Crippen LogP) is 2.89. The average Bonchev–Trinajstić information content (AvgIpc) is 3.17. The van der Waals surface area contributed by atoms with Crippen LogP contribution in [-0.4, -0.2) is 142 Å². The summed E-state index contributed by atoms with van der Waals surface area (Å²) in [5, 5.41) is 71.4. The van der Waals surface area contributed by atoms with E-state index in [2.05, 4.69) is 62.5 Å². The topological polar surface area (TPSA) is 214 Å². The third-order valence-corrected chi connectivity index (χ3v) is 9.10. The number of ether oxygens (including phenoxy) is 6. The van der Waals surface area contributed by atoms with Gasteiger partial charge in [-0.05, 0) is 51.4 Å². The van der Waals surface area contributed by atoms with Gasteiger partial charge in [0, 0.05) is 13.0 Å². The Hall–Kier alpha value is -2.05. The quantitative estimate of drug-likeness (QED) is 0.0346. The molecular weight excluding hydrogens is 704 g/mol. The Balaban J connectivity index is 1.80. The summed E-state index contributed by atoms with van der Waals surface area (Å²) in [7, 11) is 0. The monoisotopic (exact) mass is 772 g/mol. The van der Waals surface area contributed by atoms with Crippen molar-refractivity contribution in [3.8, 4) is 0 Å². The van der Waals surface area contributed by atoms with Crippen molar-refractivity contribution in [1.29, 1.82) is 0 Å². The minimum absolute atomic E-state index is 0.0369. The summed E-state index contributed by atoms with van der Waals surface area (Å²) in [4.78, 5) is 12.6. The van der Waals surface area contributed by atoms with E-state index in [9.17, 15) is 40.5 Å². The van der Waals surface area contributed by atoms with E-state index in [4.69, 9.17) is 28.4 Å². The van der Waals surface area contributed by atoms with Gasteiger partial charge < -0.3 is 64.2 Å². The first-order valence-electron chi connectivity index (χ1n) is 19.7. The van der Waals surface area contributed by atoms with Crippen molar-refractivity contribution >= 4 is 5.97 Å². The van der Waals surface area contributed by atoms with Crippen LogP contribution in [0, 0.1) is 0 Å². The number of rotatable bonds is 28. The second kappa shape index (κ2) is 29.2. The van der Waals surface area contributed by atoms with Crippen molar-refractivity contribution in [2.75, 3.05) is 33.0 Å². The minimum atomic E-state index is -1.71. The van der Waals surface area contributed by atoms with Crippen molar-refractivity contribution in [3.05, 3.63) is 48.6 Å². The lowest BCUT2D eigenvalue weighted by Crippen LogP contribution is -2.61. The lowest BCUT2D eigenvalue weighted by atomic mass is 9.98. The highest BCUT2D eigenvalue weighted by molar-refractivity contribution is 5.69. The van der Waals surface area contributed by atoms with Crippen molar-refractivity contribution in [1.82, 2.24) is 0 Å². The Kier molecular flexibility index (Phi) is 26.0. The lowest BCUT2D eigenvalue weighted by Gasteiger charge is -2.42. The summed E-state index contributed by atoms with van der Waals surface area (Å²) in [5.41, 5.74) is 0. The van der Waals surface area contributed by atoms with E-state index in [0.29, 0.717) is 13.0 Å². The molecular formula is C40H68O14. The number of esters is 1. The molecule has 0 aromatic rings. The van der Waals surface area contributed by atoms with Crippen LogP contribution in [0.25, 0.3) is 0 Å². The van der Waals surface area contributed by atoms with Crippen molar-refractivity contribution in [3.63, 3.8) is 0 Å². The summed E-state index contributed by atoms with van der Waals surface area (Å²) >= 11 is 0. The van der Waals surface area contributed by atoms with Crippen LogP contribution in [0.4, 0.5) is 0 Å². The molecule has 2 heterocycles. The number of carbonyl (C=O) groups is 1. The molecule has 2 aliphatic heterocycles. The molecule has 2 saturated heterocycles. The summed E-state index contributed by atoms with van der Waals surface area (Å²) in [5.74, 6) is -0.410. The molecule has 11 unspecified atom stereocenters. The van der Waals surface area contributed by atoms with Gasteiger partial charge in [-0.2, -0.15) is 0 Å². The van der Waals surface area contributed by atoms with Gasteiger partial charge >= 0.3 is 5.97 Å². The van der Waals surface area contributed by atoms with Crippen LogP contribution >= 0.6 is 0 Å². The molecule has 0 aromatic carbocycles. The second-order valence-electron chi connectivity index (χ2n) is 13.7. The molecule has 7 N–H and O–H groups in total. The fourth-order valence-electron chi connectivity index (χ4n) is 5.80. The van der Waals surface area contributed by atoms with E-state index in [1.165, 1.54) is 0 Å². The fourth-order valence-corrected chi connectivity index (χ4v) is 5.80. The van der Waals surface area contributed by atoms with Crippen molar-refractivity contribution < 1.29 is 69.0 Å². The highest BCUT2D eigenvalue weighted by Gasteiger charge is 2.47. The third-order valence-electron chi connectivity index (χ3n) is 9.10. The molecule has 14 nitrogen and oxygen atoms in total. The number of unbranched alkanes of at least 4 members (excludes halogenated alkanes) is 6.